The third kappa shape index (κ3) is 18.6. The lowest BCUT2D eigenvalue weighted by Gasteiger charge is -2.22. The lowest BCUT2D eigenvalue weighted by molar-refractivity contribution is -0.00323. The second-order valence-electron chi connectivity index (χ2n) is 12.6. The fourth-order valence-corrected chi connectivity index (χ4v) is 9.11. The van der Waals surface area contributed by atoms with Crippen molar-refractivity contribution in [2.75, 3.05) is 112 Å². The van der Waals surface area contributed by atoms with Gasteiger partial charge < -0.3 is 52.7 Å². The number of hydrogen-bond donors (Lipinski definition) is 2. The monoisotopic (exact) mass is 874 g/mol. The molecule has 4 aromatic rings. The molecule has 0 aliphatic carbocycles. The molecule has 0 amide bonds. The molecule has 0 bridgehead atoms. The highest BCUT2D eigenvalue weighted by Crippen LogP contribution is 2.51. The van der Waals surface area contributed by atoms with Gasteiger partial charge in [-0.2, -0.15) is 0 Å². The minimum atomic E-state index is -4.99. The van der Waals surface area contributed by atoms with Crippen LogP contribution in [0.1, 0.15) is 20.7 Å². The number of aliphatic hydroxyl groups is 2. The zero-order valence-electron chi connectivity index (χ0n) is 33.8. The second-order valence-corrected chi connectivity index (χ2v) is 17.5. The number of aliphatic hydroxyl groups excluding tert-OH is 2. The van der Waals surface area contributed by atoms with E-state index in [1.165, 1.54) is 15.9 Å². The van der Waals surface area contributed by atoms with E-state index in [1.807, 2.05) is 0 Å². The Labute approximate surface area is 352 Å². The van der Waals surface area contributed by atoms with Crippen LogP contribution in [0.15, 0.2) is 114 Å². The number of ether oxygens (including phenoxy) is 8. The summed E-state index contributed by atoms with van der Waals surface area (Å²) in [6.45, 7) is 4.72. The van der Waals surface area contributed by atoms with Gasteiger partial charge in [0.15, 0.2) is 0 Å². The number of hydrogen-bond acceptors (Lipinski definition) is 15. The minimum absolute atomic E-state index is 0.0209. The molecular weight excluding hydrogens is 819 g/mol. The summed E-state index contributed by atoms with van der Waals surface area (Å²) in [6.07, 6.45) is 0. The van der Waals surface area contributed by atoms with Gasteiger partial charge in [-0.3, -0.25) is 0 Å². The number of rotatable bonds is 28. The van der Waals surface area contributed by atoms with Crippen molar-refractivity contribution >= 4 is 45.2 Å². The number of esters is 2. The number of benzene rings is 4. The molecule has 2 N–H and O–H groups in total. The molecule has 0 radical (unpaired) electrons. The lowest BCUT2D eigenvalue weighted by atomic mass is 10.1. The average molecular weight is 875 g/mol. The average Bonchev–Trinajstić information content (AvgIpc) is 3.27. The molecule has 0 aliphatic heterocycles. The third-order valence-electron chi connectivity index (χ3n) is 8.37. The van der Waals surface area contributed by atoms with E-state index in [-0.39, 0.29) is 90.4 Å². The molecule has 0 spiro atoms. The normalized spacial score (nSPS) is 11.4. The quantitative estimate of drug-likeness (QED) is 0.0364. The minimum Gasteiger partial charge on any atom is -0.744 e. The highest BCUT2D eigenvalue weighted by Gasteiger charge is 2.39. The Morgan fingerprint density at radius 1 is 0.483 bits per heavy atom. The molecule has 0 atom stereocenters. The first kappa shape index (κ1) is 50.2. The van der Waals surface area contributed by atoms with Crippen molar-refractivity contribution in [3.8, 4) is 0 Å². The van der Waals surface area contributed by atoms with Crippen molar-refractivity contribution in [1.29, 1.82) is 0 Å². The van der Waals surface area contributed by atoms with Crippen LogP contribution in [-0.4, -0.2) is 147 Å². The van der Waals surface area contributed by atoms with Crippen molar-refractivity contribution < 1.29 is 70.7 Å². The summed E-state index contributed by atoms with van der Waals surface area (Å²) in [4.78, 5) is 24.0. The number of carbonyl (C=O) groups is 2. The van der Waals surface area contributed by atoms with E-state index in [9.17, 15) is 22.6 Å². The van der Waals surface area contributed by atoms with Crippen LogP contribution in [0.3, 0.4) is 0 Å². The van der Waals surface area contributed by atoms with Gasteiger partial charge in [-0.15, -0.1) is 0 Å². The fourth-order valence-electron chi connectivity index (χ4n) is 5.37. The van der Waals surface area contributed by atoms with Crippen LogP contribution < -0.4 is 15.9 Å². The molecule has 0 aromatic heterocycles. The smallest absolute Gasteiger partial charge is 0.338 e. The maximum Gasteiger partial charge on any atom is 0.338 e. The maximum absolute atomic E-state index is 12.4. The summed E-state index contributed by atoms with van der Waals surface area (Å²) < 4.78 is 75.7. The van der Waals surface area contributed by atoms with Crippen molar-refractivity contribution in [2.24, 2.45) is 0 Å². The van der Waals surface area contributed by atoms with Crippen molar-refractivity contribution in [1.82, 2.24) is 0 Å². The van der Waals surface area contributed by atoms with Crippen LogP contribution in [0, 0.1) is 0 Å². The predicted molar refractivity (Wildman–Crippen MR) is 225 cm³/mol. The summed E-state index contributed by atoms with van der Waals surface area (Å²) >= 11 is 0. The van der Waals surface area contributed by atoms with Gasteiger partial charge in [0, 0.05) is 0 Å². The van der Waals surface area contributed by atoms with Crippen LogP contribution in [0.4, 0.5) is 0 Å². The third-order valence-corrected chi connectivity index (χ3v) is 13.2. The Balaban J connectivity index is 0.000000395. The van der Waals surface area contributed by atoms with E-state index in [1.54, 1.807) is 0 Å². The molecule has 60 heavy (non-hydrogen) atoms. The zero-order valence-corrected chi connectivity index (χ0v) is 35.5. The molecule has 328 valence electrons. The van der Waals surface area contributed by atoms with Crippen LogP contribution in [0.2, 0.25) is 0 Å². The molecule has 4 rings (SSSR count). The molecule has 15 nitrogen and oxygen atoms in total. The Bertz CT molecular complexity index is 1730. The zero-order chi connectivity index (χ0) is 43.3. The Morgan fingerprint density at radius 3 is 1.05 bits per heavy atom. The first-order valence-corrected chi connectivity index (χ1v) is 22.9. The van der Waals surface area contributed by atoms with Gasteiger partial charge in [-0.25, -0.2) is 18.0 Å². The van der Waals surface area contributed by atoms with Gasteiger partial charge >= 0.3 is 11.9 Å². The van der Waals surface area contributed by atoms with Crippen LogP contribution in [0.5, 0.6) is 0 Å². The molecule has 0 aliphatic rings. The molecule has 17 heteroatoms. The molecule has 0 unspecified atom stereocenters. The summed E-state index contributed by atoms with van der Waals surface area (Å²) in [5.41, 5.74) is -0.655. The Morgan fingerprint density at radius 2 is 0.767 bits per heavy atom. The van der Waals surface area contributed by atoms with Crippen molar-refractivity contribution in [3.63, 3.8) is 0 Å². The van der Waals surface area contributed by atoms with Crippen molar-refractivity contribution in [2.45, 2.75) is 4.90 Å². The molecule has 0 fully saturated rings. The largest absolute Gasteiger partial charge is 0.744 e. The first-order chi connectivity index (χ1) is 29.1. The van der Waals surface area contributed by atoms with Crippen LogP contribution in [0.25, 0.3) is 0 Å². The molecule has 0 heterocycles. The topological polar surface area (TPSA) is 206 Å². The van der Waals surface area contributed by atoms with Gasteiger partial charge in [0.1, 0.15) is 46.5 Å². The summed E-state index contributed by atoms with van der Waals surface area (Å²) in [7, 11) is -6.52. The summed E-state index contributed by atoms with van der Waals surface area (Å²) in [6, 6.07) is 35.3. The second kappa shape index (κ2) is 29.2. The van der Waals surface area contributed by atoms with E-state index in [0.29, 0.717) is 26.4 Å². The highest BCUT2D eigenvalue weighted by molar-refractivity contribution is 7.95. The first-order valence-electron chi connectivity index (χ1n) is 19.3. The molecule has 4 aromatic carbocycles. The number of carbonyl (C=O) groups excluding carboxylic acids is 2. The summed E-state index contributed by atoms with van der Waals surface area (Å²) in [5.74, 6) is -1.93. The van der Waals surface area contributed by atoms with Gasteiger partial charge in [-0.05, 0) is 54.6 Å². The van der Waals surface area contributed by atoms with Gasteiger partial charge in [-0.1, -0.05) is 54.6 Å². The van der Waals surface area contributed by atoms with E-state index in [4.69, 9.17) is 48.1 Å². The highest BCUT2D eigenvalue weighted by atomic mass is 32.2. The SMILES string of the molecule is C[P+](c1ccccc1)(c1ccccc1)c1ccccc1.O=C(OCCOCCOCCOCCO)c1cc(C(=O)OCCOCCOCCOCCO)cc(S(=O)(=O)[O-])c1. The van der Waals surface area contributed by atoms with Gasteiger partial charge in [0.05, 0.1) is 115 Å². The maximum atomic E-state index is 12.4. The molecular formula is C43H55O15PS. The standard InChI is InChI=1S/C24H38O15S.C19H18P/c25-1-3-32-5-7-34-9-11-36-13-15-38-23(27)20-17-21(19-22(18-20)40(29,30)31)24(28)39-16-14-37-12-10-35-8-6-33-4-2-26;1-20(17-11-5-2-6-12-17,18-13-7-3-8-14-18)19-15-9-4-10-16-19/h17-19,25-26H,1-16H2,(H,29,30,31);2-16H,1H3/q;+1/p-1. The lowest BCUT2D eigenvalue weighted by Crippen LogP contribution is -2.30. The predicted octanol–water partition coefficient (Wildman–Crippen LogP) is 2.60. The van der Waals surface area contributed by atoms with Crippen LogP contribution >= 0.6 is 7.26 Å². The van der Waals surface area contributed by atoms with E-state index in [2.05, 4.69) is 97.7 Å². The van der Waals surface area contributed by atoms with Gasteiger partial charge in [0.2, 0.25) is 0 Å². The van der Waals surface area contributed by atoms with Crippen LogP contribution in [-0.2, 0) is 48.0 Å². The Kier molecular flexibility index (Phi) is 24.4. The fraction of sp³-hybridized carbons (Fsp3) is 0.395. The Hall–Kier alpha value is -4.16. The van der Waals surface area contributed by atoms with E-state index < -0.39 is 34.2 Å². The van der Waals surface area contributed by atoms with E-state index in [0.717, 1.165) is 18.2 Å². The van der Waals surface area contributed by atoms with Gasteiger partial charge in [0.25, 0.3) is 0 Å². The van der Waals surface area contributed by atoms with E-state index >= 15 is 0 Å². The molecule has 0 saturated heterocycles. The molecule has 0 saturated carbocycles. The summed E-state index contributed by atoms with van der Waals surface area (Å²) in [5, 5.41) is 21.4. The van der Waals surface area contributed by atoms with Crippen molar-refractivity contribution in [3.05, 3.63) is 120 Å².